The lowest BCUT2D eigenvalue weighted by atomic mass is 10.1. The Labute approximate surface area is 119 Å². The van der Waals surface area contributed by atoms with Crippen LogP contribution in [0.3, 0.4) is 0 Å². The second-order valence-electron chi connectivity index (χ2n) is 5.28. The molecule has 1 aromatic carbocycles. The molecule has 2 unspecified atom stereocenters. The van der Waals surface area contributed by atoms with Gasteiger partial charge in [-0.25, -0.2) is 0 Å². The topological polar surface area (TPSA) is 44.9 Å². The Morgan fingerprint density at radius 2 is 2.05 bits per heavy atom. The van der Waals surface area contributed by atoms with E-state index in [0.717, 1.165) is 6.07 Å². The number of para-hydroxylation sites is 1. The highest BCUT2D eigenvalue weighted by molar-refractivity contribution is 5.83. The molecule has 0 bridgehead atoms. The fraction of sp³-hybridized carbons (Fsp3) is 0.500. The summed E-state index contributed by atoms with van der Waals surface area (Å²) in [5.41, 5.74) is -0.466. The number of anilines is 1. The van der Waals surface area contributed by atoms with E-state index in [4.69, 9.17) is 4.74 Å². The van der Waals surface area contributed by atoms with Crippen LogP contribution >= 0.6 is 0 Å². The molecule has 21 heavy (non-hydrogen) atoms. The monoisotopic (exact) mass is 300 g/mol. The number of benzene rings is 1. The van der Waals surface area contributed by atoms with E-state index in [1.54, 1.807) is 11.0 Å². The predicted molar refractivity (Wildman–Crippen MR) is 69.9 cm³/mol. The second kappa shape index (κ2) is 5.22. The van der Waals surface area contributed by atoms with Crippen LogP contribution in [0, 0.1) is 0 Å². The summed E-state index contributed by atoms with van der Waals surface area (Å²) in [5, 5.41) is 2.81. The first kappa shape index (κ1) is 14.2. The summed E-state index contributed by atoms with van der Waals surface area (Å²) in [6.07, 6.45) is -4.12. The molecule has 0 aliphatic carbocycles. The second-order valence-corrected chi connectivity index (χ2v) is 5.28. The maximum absolute atomic E-state index is 13.0. The van der Waals surface area contributed by atoms with E-state index in [1.807, 2.05) is 0 Å². The molecule has 2 heterocycles. The Balaban J connectivity index is 1.70. The van der Waals surface area contributed by atoms with E-state index in [1.165, 1.54) is 12.1 Å². The number of carbonyl (C=O) groups excluding carboxylic acids is 1. The average molecular weight is 300 g/mol. The van der Waals surface area contributed by atoms with Crippen LogP contribution in [0.4, 0.5) is 18.9 Å². The van der Waals surface area contributed by atoms with Gasteiger partial charge in [-0.05, 0) is 18.6 Å². The molecule has 2 atom stereocenters. The largest absolute Gasteiger partial charge is 0.418 e. The number of hydrogen-bond donors (Lipinski definition) is 1. The lowest BCUT2D eigenvalue weighted by Gasteiger charge is -2.23. The first-order chi connectivity index (χ1) is 9.95. The first-order valence-corrected chi connectivity index (χ1v) is 6.78. The number of hydrogen-bond acceptors (Lipinski definition) is 3. The summed E-state index contributed by atoms with van der Waals surface area (Å²) >= 11 is 0. The van der Waals surface area contributed by atoms with Crippen LogP contribution in [0.5, 0.6) is 0 Å². The van der Waals surface area contributed by atoms with Gasteiger partial charge < -0.3 is 15.0 Å². The fourth-order valence-corrected chi connectivity index (χ4v) is 2.58. The van der Waals surface area contributed by atoms with Gasteiger partial charge in [0.05, 0.1) is 12.2 Å². The summed E-state index contributed by atoms with van der Waals surface area (Å²) < 4.78 is 43.9. The molecule has 2 saturated heterocycles. The molecular weight excluding hydrogens is 285 g/mol. The third-order valence-corrected chi connectivity index (χ3v) is 3.71. The minimum absolute atomic E-state index is 0.136. The van der Waals surface area contributed by atoms with Crippen molar-refractivity contribution in [2.24, 2.45) is 0 Å². The van der Waals surface area contributed by atoms with Gasteiger partial charge in [0.1, 0.15) is 0 Å². The molecule has 114 valence electrons. The maximum atomic E-state index is 13.0. The van der Waals surface area contributed by atoms with E-state index < -0.39 is 11.7 Å². The van der Waals surface area contributed by atoms with Crippen molar-refractivity contribution in [3.05, 3.63) is 29.8 Å². The smallest absolute Gasteiger partial charge is 0.369 e. The first-order valence-electron chi connectivity index (χ1n) is 6.78. The summed E-state index contributed by atoms with van der Waals surface area (Å²) in [6.45, 7) is 1.30. The van der Waals surface area contributed by atoms with E-state index in [0.29, 0.717) is 26.1 Å². The van der Waals surface area contributed by atoms with E-state index >= 15 is 0 Å². The van der Waals surface area contributed by atoms with Crippen molar-refractivity contribution < 1.29 is 22.7 Å². The van der Waals surface area contributed by atoms with Crippen molar-refractivity contribution in [2.75, 3.05) is 24.6 Å². The summed E-state index contributed by atoms with van der Waals surface area (Å²) in [6, 6.07) is 5.39. The van der Waals surface area contributed by atoms with Gasteiger partial charge in [0.15, 0.2) is 6.10 Å². The number of ether oxygens (including phenoxy) is 1. The number of epoxide rings is 1. The Hall–Kier alpha value is -1.76. The average Bonchev–Trinajstić information content (AvgIpc) is 3.19. The van der Waals surface area contributed by atoms with Gasteiger partial charge in [0.2, 0.25) is 0 Å². The summed E-state index contributed by atoms with van der Waals surface area (Å²) in [5.74, 6) is -0.175. The van der Waals surface area contributed by atoms with Crippen molar-refractivity contribution in [3.63, 3.8) is 0 Å². The zero-order valence-corrected chi connectivity index (χ0v) is 11.2. The standard InChI is InChI=1S/C14H15F3N2O2/c15-14(16,17)10-3-1-2-4-11(10)19-6-5-9(7-19)18-13(20)12-8-21-12/h1-4,9,12H,5-8H2,(H,18,20). The lowest BCUT2D eigenvalue weighted by molar-refractivity contribution is -0.137. The number of halogens is 3. The molecule has 0 spiro atoms. The predicted octanol–water partition coefficient (Wildman–Crippen LogP) is 1.80. The lowest BCUT2D eigenvalue weighted by Crippen LogP contribution is -2.39. The molecule has 1 aromatic rings. The van der Waals surface area contributed by atoms with Gasteiger partial charge >= 0.3 is 6.18 Å². The molecule has 0 radical (unpaired) electrons. The molecule has 7 heteroatoms. The highest BCUT2D eigenvalue weighted by atomic mass is 19.4. The molecule has 4 nitrogen and oxygen atoms in total. The number of amides is 1. The highest BCUT2D eigenvalue weighted by Gasteiger charge is 2.37. The Morgan fingerprint density at radius 1 is 1.33 bits per heavy atom. The SMILES string of the molecule is O=C(NC1CCN(c2ccccc2C(F)(F)F)C1)C1CO1. The quantitative estimate of drug-likeness (QED) is 0.866. The zero-order chi connectivity index (χ0) is 15.0. The Bertz CT molecular complexity index is 543. The number of nitrogens with one attached hydrogen (secondary N) is 1. The van der Waals surface area contributed by atoms with Crippen LogP contribution < -0.4 is 10.2 Å². The van der Waals surface area contributed by atoms with Gasteiger partial charge in [-0.2, -0.15) is 13.2 Å². The molecule has 2 aliphatic heterocycles. The molecule has 0 saturated carbocycles. The Morgan fingerprint density at radius 3 is 2.71 bits per heavy atom. The zero-order valence-electron chi connectivity index (χ0n) is 11.2. The van der Waals surface area contributed by atoms with Crippen molar-refractivity contribution in [1.29, 1.82) is 0 Å². The molecule has 2 aliphatic rings. The van der Waals surface area contributed by atoms with Crippen LogP contribution in [0.15, 0.2) is 24.3 Å². The van der Waals surface area contributed by atoms with Gasteiger partial charge in [0.25, 0.3) is 5.91 Å². The molecular formula is C14H15F3N2O2. The van der Waals surface area contributed by atoms with Crippen molar-refractivity contribution in [2.45, 2.75) is 24.7 Å². The minimum atomic E-state index is -4.38. The van der Waals surface area contributed by atoms with Crippen LogP contribution in [0.1, 0.15) is 12.0 Å². The van der Waals surface area contributed by atoms with Crippen LogP contribution in [0.25, 0.3) is 0 Å². The van der Waals surface area contributed by atoms with Gasteiger partial charge in [-0.15, -0.1) is 0 Å². The third-order valence-electron chi connectivity index (χ3n) is 3.71. The van der Waals surface area contributed by atoms with E-state index in [-0.39, 0.29) is 23.7 Å². The van der Waals surface area contributed by atoms with Crippen LogP contribution in [-0.2, 0) is 15.7 Å². The third kappa shape index (κ3) is 3.12. The van der Waals surface area contributed by atoms with Crippen molar-refractivity contribution in [1.82, 2.24) is 5.32 Å². The number of rotatable bonds is 3. The van der Waals surface area contributed by atoms with Gasteiger partial charge in [0, 0.05) is 24.8 Å². The van der Waals surface area contributed by atoms with Crippen LogP contribution in [-0.4, -0.2) is 37.7 Å². The van der Waals surface area contributed by atoms with E-state index in [9.17, 15) is 18.0 Å². The molecule has 1 N–H and O–H groups in total. The summed E-state index contributed by atoms with van der Waals surface area (Å²) in [4.78, 5) is 13.3. The van der Waals surface area contributed by atoms with Crippen LogP contribution in [0.2, 0.25) is 0 Å². The van der Waals surface area contributed by atoms with E-state index in [2.05, 4.69) is 5.32 Å². The highest BCUT2D eigenvalue weighted by Crippen LogP contribution is 2.37. The number of nitrogens with zero attached hydrogens (tertiary/aromatic N) is 1. The normalized spacial score (nSPS) is 25.0. The molecule has 1 amide bonds. The van der Waals surface area contributed by atoms with Crippen molar-refractivity contribution >= 4 is 11.6 Å². The number of alkyl halides is 3. The van der Waals surface area contributed by atoms with Crippen molar-refractivity contribution in [3.8, 4) is 0 Å². The fourth-order valence-electron chi connectivity index (χ4n) is 2.58. The molecule has 0 aromatic heterocycles. The van der Waals surface area contributed by atoms with Gasteiger partial charge in [-0.1, -0.05) is 12.1 Å². The maximum Gasteiger partial charge on any atom is 0.418 e. The minimum Gasteiger partial charge on any atom is -0.369 e. The summed E-state index contributed by atoms with van der Waals surface area (Å²) in [7, 11) is 0. The van der Waals surface area contributed by atoms with Gasteiger partial charge in [-0.3, -0.25) is 4.79 Å². The molecule has 2 fully saturated rings. The Kier molecular flexibility index (Phi) is 3.52. The molecule has 3 rings (SSSR count). The number of carbonyl (C=O) groups is 1.